The lowest BCUT2D eigenvalue weighted by molar-refractivity contribution is -0.134. The lowest BCUT2D eigenvalue weighted by Gasteiger charge is -2.22. The van der Waals surface area contributed by atoms with Crippen LogP contribution in [0.4, 0.5) is 0 Å². The van der Waals surface area contributed by atoms with Gasteiger partial charge in [0, 0.05) is 11.5 Å². The number of allylic oxidation sites excluding steroid dienone is 8. The Hall–Kier alpha value is -2.09. The smallest absolute Gasteiger partial charge is 0.338 e. The summed E-state index contributed by atoms with van der Waals surface area (Å²) in [7, 11) is 0. The van der Waals surface area contributed by atoms with Crippen LogP contribution in [0.15, 0.2) is 72.1 Å². The van der Waals surface area contributed by atoms with Gasteiger partial charge in [-0.25, -0.2) is 4.79 Å². The van der Waals surface area contributed by atoms with E-state index in [9.17, 15) is 4.79 Å². The second kappa shape index (κ2) is 5.05. The molecule has 0 aromatic rings. The third-order valence-electron chi connectivity index (χ3n) is 3.00. The molecule has 2 rings (SSSR count). The van der Waals surface area contributed by atoms with Crippen LogP contribution in [0, 0.1) is 5.92 Å². The highest BCUT2D eigenvalue weighted by molar-refractivity contribution is 5.88. The van der Waals surface area contributed by atoms with Crippen LogP contribution in [-0.4, -0.2) is 5.97 Å². The van der Waals surface area contributed by atoms with E-state index in [1.807, 2.05) is 30.4 Å². The largest absolute Gasteiger partial charge is 0.423 e. The predicted octanol–water partition coefficient (Wildman–Crippen LogP) is 3.62. The minimum Gasteiger partial charge on any atom is -0.423 e. The van der Waals surface area contributed by atoms with Gasteiger partial charge in [-0.15, -0.1) is 0 Å². The second-order valence-electron chi connectivity index (χ2n) is 4.50. The number of ether oxygens (including phenoxy) is 1. The van der Waals surface area contributed by atoms with Crippen molar-refractivity contribution in [1.29, 1.82) is 0 Å². The topological polar surface area (TPSA) is 26.3 Å². The number of esters is 1. The van der Waals surface area contributed by atoms with Crippen molar-refractivity contribution in [2.75, 3.05) is 0 Å². The first kappa shape index (κ1) is 12.4. The summed E-state index contributed by atoms with van der Waals surface area (Å²) in [6.45, 7) is 8.98. The van der Waals surface area contributed by atoms with E-state index in [4.69, 9.17) is 4.74 Å². The highest BCUT2D eigenvalue weighted by Gasteiger charge is 2.19. The lowest BCUT2D eigenvalue weighted by Crippen LogP contribution is -2.11. The molecule has 2 aliphatic carbocycles. The number of fused-ring (bicyclic) bond motifs is 1. The number of rotatable bonds is 3. The Morgan fingerprint density at radius 3 is 2.94 bits per heavy atom. The maximum Gasteiger partial charge on any atom is 0.338 e. The summed E-state index contributed by atoms with van der Waals surface area (Å²) in [6.07, 6.45) is 12.7. The quantitative estimate of drug-likeness (QED) is 0.556. The molecule has 0 radical (unpaired) electrons. The summed E-state index contributed by atoms with van der Waals surface area (Å²) in [5.41, 5.74) is 2.79. The van der Waals surface area contributed by atoms with Crippen LogP contribution in [0.5, 0.6) is 0 Å². The fourth-order valence-corrected chi connectivity index (χ4v) is 1.93. The molecule has 0 aliphatic heterocycles. The van der Waals surface area contributed by atoms with Crippen molar-refractivity contribution in [1.82, 2.24) is 0 Å². The Morgan fingerprint density at radius 1 is 1.50 bits per heavy atom. The van der Waals surface area contributed by atoms with Crippen LogP contribution in [0.2, 0.25) is 0 Å². The van der Waals surface area contributed by atoms with Crippen LogP contribution in [0.3, 0.4) is 0 Å². The van der Waals surface area contributed by atoms with Crippen LogP contribution >= 0.6 is 0 Å². The van der Waals surface area contributed by atoms with Crippen LogP contribution < -0.4 is 0 Å². The van der Waals surface area contributed by atoms with Gasteiger partial charge in [0.1, 0.15) is 5.76 Å². The molecule has 2 nitrogen and oxygen atoms in total. The molecule has 0 heterocycles. The highest BCUT2D eigenvalue weighted by Crippen LogP contribution is 2.32. The van der Waals surface area contributed by atoms with Gasteiger partial charge in [-0.05, 0) is 36.6 Å². The molecule has 0 saturated heterocycles. The zero-order chi connectivity index (χ0) is 13.1. The summed E-state index contributed by atoms with van der Waals surface area (Å²) in [6, 6.07) is 0. The maximum atomic E-state index is 11.4. The molecule has 0 saturated carbocycles. The third kappa shape index (κ3) is 2.59. The van der Waals surface area contributed by atoms with Crippen LogP contribution in [0.25, 0.3) is 0 Å². The third-order valence-corrected chi connectivity index (χ3v) is 3.00. The van der Waals surface area contributed by atoms with Gasteiger partial charge in [-0.1, -0.05) is 37.5 Å². The summed E-state index contributed by atoms with van der Waals surface area (Å²) >= 11 is 0. The molecule has 2 heteroatoms. The van der Waals surface area contributed by atoms with Gasteiger partial charge in [0.2, 0.25) is 0 Å². The molecule has 0 bridgehead atoms. The first-order valence-corrected chi connectivity index (χ1v) is 5.91. The van der Waals surface area contributed by atoms with Gasteiger partial charge in [-0.2, -0.15) is 0 Å². The number of carbonyl (C=O) groups is 1. The van der Waals surface area contributed by atoms with E-state index >= 15 is 0 Å². The minimum atomic E-state index is -0.386. The van der Waals surface area contributed by atoms with Gasteiger partial charge < -0.3 is 4.74 Å². The lowest BCUT2D eigenvalue weighted by atomic mass is 9.84. The average Bonchev–Trinajstić information content (AvgIpc) is 2.37. The second-order valence-corrected chi connectivity index (χ2v) is 4.50. The number of carbonyl (C=O) groups excluding carboxylic acids is 1. The van der Waals surface area contributed by atoms with Crippen molar-refractivity contribution >= 4 is 5.97 Å². The van der Waals surface area contributed by atoms with Crippen LogP contribution in [-0.2, 0) is 9.53 Å². The Kier molecular flexibility index (Phi) is 3.47. The van der Waals surface area contributed by atoms with Crippen molar-refractivity contribution in [3.05, 3.63) is 72.1 Å². The van der Waals surface area contributed by atoms with Gasteiger partial charge >= 0.3 is 5.97 Å². The summed E-state index contributed by atoms with van der Waals surface area (Å²) in [5.74, 6) is 0.541. The van der Waals surface area contributed by atoms with Crippen molar-refractivity contribution in [2.24, 2.45) is 5.92 Å². The zero-order valence-corrected chi connectivity index (χ0v) is 10.5. The molecule has 0 fully saturated rings. The van der Waals surface area contributed by atoms with Crippen molar-refractivity contribution in [2.45, 2.75) is 13.3 Å². The summed E-state index contributed by atoms with van der Waals surface area (Å²) in [4.78, 5) is 11.4. The molecule has 0 aromatic heterocycles. The van der Waals surface area contributed by atoms with E-state index in [0.717, 1.165) is 12.0 Å². The van der Waals surface area contributed by atoms with E-state index in [1.165, 1.54) is 5.57 Å². The van der Waals surface area contributed by atoms with Crippen LogP contribution in [0.1, 0.15) is 13.3 Å². The van der Waals surface area contributed by atoms with E-state index in [1.54, 1.807) is 6.92 Å². The molecule has 1 unspecified atom stereocenters. The van der Waals surface area contributed by atoms with Gasteiger partial charge in [-0.3, -0.25) is 0 Å². The fourth-order valence-electron chi connectivity index (χ4n) is 1.93. The Balaban J connectivity index is 2.16. The Labute approximate surface area is 107 Å². The molecule has 0 amide bonds. The summed E-state index contributed by atoms with van der Waals surface area (Å²) in [5, 5.41) is 0. The average molecular weight is 240 g/mol. The first-order valence-electron chi connectivity index (χ1n) is 5.91. The predicted molar refractivity (Wildman–Crippen MR) is 72.6 cm³/mol. The summed E-state index contributed by atoms with van der Waals surface area (Å²) < 4.78 is 5.21. The number of hydrogen-bond acceptors (Lipinski definition) is 2. The van der Waals surface area contributed by atoms with E-state index in [0.29, 0.717) is 17.3 Å². The SMILES string of the molecule is C=CC1=CC=C2C=C(OC(=O)C(=C)C)C=CC2C1. The minimum absolute atomic E-state index is 0.357. The Morgan fingerprint density at radius 2 is 2.28 bits per heavy atom. The normalized spacial score (nSPS) is 21.2. The van der Waals surface area contributed by atoms with E-state index < -0.39 is 0 Å². The molecule has 2 aliphatic rings. The maximum absolute atomic E-state index is 11.4. The Bertz CT molecular complexity index is 527. The van der Waals surface area contributed by atoms with E-state index in [2.05, 4.69) is 19.2 Å². The van der Waals surface area contributed by atoms with Crippen molar-refractivity contribution in [3.63, 3.8) is 0 Å². The first-order chi connectivity index (χ1) is 8.60. The molecule has 92 valence electrons. The van der Waals surface area contributed by atoms with Gasteiger partial charge in [0.05, 0.1) is 0 Å². The molecule has 1 atom stereocenters. The van der Waals surface area contributed by atoms with Gasteiger partial charge in [0.15, 0.2) is 0 Å². The highest BCUT2D eigenvalue weighted by atomic mass is 16.5. The zero-order valence-electron chi connectivity index (χ0n) is 10.5. The molecule has 18 heavy (non-hydrogen) atoms. The van der Waals surface area contributed by atoms with E-state index in [-0.39, 0.29) is 5.97 Å². The molecular weight excluding hydrogens is 224 g/mol. The molecule has 0 N–H and O–H groups in total. The monoisotopic (exact) mass is 240 g/mol. The van der Waals surface area contributed by atoms with Gasteiger partial charge in [0.25, 0.3) is 0 Å². The van der Waals surface area contributed by atoms with Crippen molar-refractivity contribution < 1.29 is 9.53 Å². The fraction of sp³-hybridized carbons (Fsp3) is 0.188. The molecule has 0 aromatic carbocycles. The molecular formula is C16H16O2. The standard InChI is InChI=1S/C16H16O2/c1-4-12-5-6-14-10-15(8-7-13(14)9-12)18-16(17)11(2)3/h4-8,10,13H,1-2,9H2,3H3. The number of hydrogen-bond donors (Lipinski definition) is 0. The molecule has 0 spiro atoms. The van der Waals surface area contributed by atoms with Crippen molar-refractivity contribution in [3.8, 4) is 0 Å².